The molecule has 0 aliphatic rings. The van der Waals surface area contributed by atoms with Gasteiger partial charge in [-0.05, 0) is 32.2 Å². The summed E-state index contributed by atoms with van der Waals surface area (Å²) in [6, 6.07) is 6.21. The van der Waals surface area contributed by atoms with E-state index in [1.54, 1.807) is 11.8 Å². The average molecular weight is 264 g/mol. The lowest BCUT2D eigenvalue weighted by Gasteiger charge is -2.18. The van der Waals surface area contributed by atoms with E-state index in [4.69, 9.17) is 23.2 Å². The molecule has 0 aromatic heterocycles. The lowest BCUT2D eigenvalue weighted by Crippen LogP contribution is -2.30. The molecule has 1 aromatic carbocycles. The van der Waals surface area contributed by atoms with Gasteiger partial charge in [0.1, 0.15) is 0 Å². The van der Waals surface area contributed by atoms with Gasteiger partial charge in [-0.25, -0.2) is 0 Å². The van der Waals surface area contributed by atoms with Gasteiger partial charge in [-0.15, -0.1) is 11.8 Å². The monoisotopic (exact) mass is 263 g/mol. The molecule has 0 fully saturated rings. The molecule has 0 heterocycles. The highest BCUT2D eigenvalue weighted by Crippen LogP contribution is 2.30. The number of hydrogen-bond acceptors (Lipinski definition) is 2. The normalized spacial score (nSPS) is 15.0. The molecule has 0 radical (unpaired) electrons. The van der Waals surface area contributed by atoms with Crippen LogP contribution in [0, 0.1) is 0 Å². The molecule has 1 aromatic rings. The Kier molecular flexibility index (Phi) is 5.27. The van der Waals surface area contributed by atoms with Crippen LogP contribution in [0.5, 0.6) is 0 Å². The van der Waals surface area contributed by atoms with Gasteiger partial charge >= 0.3 is 0 Å². The molecular formula is C11H15Cl2NS. The van der Waals surface area contributed by atoms with Gasteiger partial charge in [-0.2, -0.15) is 0 Å². The van der Waals surface area contributed by atoms with Crippen molar-refractivity contribution < 1.29 is 0 Å². The molecule has 0 bridgehead atoms. The third kappa shape index (κ3) is 3.87. The van der Waals surface area contributed by atoms with Crippen LogP contribution in [-0.4, -0.2) is 18.3 Å². The van der Waals surface area contributed by atoms with Gasteiger partial charge in [0, 0.05) is 16.2 Å². The van der Waals surface area contributed by atoms with Gasteiger partial charge in [0.25, 0.3) is 0 Å². The van der Waals surface area contributed by atoms with Crippen molar-refractivity contribution in [2.24, 2.45) is 0 Å². The first-order chi connectivity index (χ1) is 7.04. The van der Waals surface area contributed by atoms with E-state index in [1.165, 1.54) is 0 Å². The quantitative estimate of drug-likeness (QED) is 0.822. The first-order valence-electron chi connectivity index (χ1n) is 4.83. The van der Waals surface area contributed by atoms with E-state index in [-0.39, 0.29) is 0 Å². The molecule has 0 saturated carbocycles. The fourth-order valence-corrected chi connectivity index (χ4v) is 2.57. The Hall–Kier alpha value is 0.110. The molecule has 0 amide bonds. The SMILES string of the molecule is CNC(C)C(C)Sc1ccc(Cl)c(Cl)c1. The number of benzene rings is 1. The summed E-state index contributed by atoms with van der Waals surface area (Å²) < 4.78 is 0. The van der Waals surface area contributed by atoms with Crippen molar-refractivity contribution in [2.75, 3.05) is 7.05 Å². The molecule has 2 unspecified atom stereocenters. The topological polar surface area (TPSA) is 12.0 Å². The summed E-state index contributed by atoms with van der Waals surface area (Å²) in [6.07, 6.45) is 0. The molecular weight excluding hydrogens is 249 g/mol. The van der Waals surface area contributed by atoms with Crippen molar-refractivity contribution in [1.82, 2.24) is 5.32 Å². The Morgan fingerprint density at radius 2 is 1.87 bits per heavy atom. The van der Waals surface area contributed by atoms with Crippen LogP contribution >= 0.6 is 35.0 Å². The van der Waals surface area contributed by atoms with Crippen LogP contribution in [-0.2, 0) is 0 Å². The minimum absolute atomic E-state index is 0.462. The largest absolute Gasteiger partial charge is 0.316 e. The van der Waals surface area contributed by atoms with Gasteiger partial charge in [-0.3, -0.25) is 0 Å². The van der Waals surface area contributed by atoms with Gasteiger partial charge < -0.3 is 5.32 Å². The fourth-order valence-electron chi connectivity index (χ4n) is 1.10. The molecule has 1 nitrogen and oxygen atoms in total. The van der Waals surface area contributed by atoms with Crippen molar-refractivity contribution >= 4 is 35.0 Å². The zero-order valence-electron chi connectivity index (χ0n) is 9.05. The summed E-state index contributed by atoms with van der Waals surface area (Å²) in [4.78, 5) is 1.15. The van der Waals surface area contributed by atoms with E-state index in [9.17, 15) is 0 Å². The van der Waals surface area contributed by atoms with Crippen LogP contribution in [0.2, 0.25) is 10.0 Å². The van der Waals surface area contributed by atoms with Crippen molar-refractivity contribution in [3.8, 4) is 0 Å². The maximum absolute atomic E-state index is 5.95. The first kappa shape index (κ1) is 13.2. The van der Waals surface area contributed by atoms with Crippen LogP contribution in [0.1, 0.15) is 13.8 Å². The van der Waals surface area contributed by atoms with E-state index >= 15 is 0 Å². The fraction of sp³-hybridized carbons (Fsp3) is 0.455. The molecule has 2 atom stereocenters. The lowest BCUT2D eigenvalue weighted by atomic mass is 10.3. The van der Waals surface area contributed by atoms with Crippen molar-refractivity contribution in [3.05, 3.63) is 28.2 Å². The van der Waals surface area contributed by atoms with Gasteiger partial charge in [0.05, 0.1) is 10.0 Å². The third-order valence-electron chi connectivity index (χ3n) is 2.37. The lowest BCUT2D eigenvalue weighted by molar-refractivity contribution is 0.605. The third-order valence-corrected chi connectivity index (χ3v) is 4.42. The summed E-state index contributed by atoms with van der Waals surface area (Å²) in [5.41, 5.74) is 0. The van der Waals surface area contributed by atoms with Gasteiger partial charge in [-0.1, -0.05) is 30.1 Å². The Bertz CT molecular complexity index is 330. The van der Waals surface area contributed by atoms with Crippen molar-refractivity contribution in [1.29, 1.82) is 0 Å². The van der Waals surface area contributed by atoms with Crippen LogP contribution in [0.4, 0.5) is 0 Å². The number of hydrogen-bond donors (Lipinski definition) is 1. The zero-order valence-corrected chi connectivity index (χ0v) is 11.4. The summed E-state index contributed by atoms with van der Waals surface area (Å²) >= 11 is 13.6. The maximum Gasteiger partial charge on any atom is 0.0603 e. The number of nitrogens with one attached hydrogen (secondary N) is 1. The predicted octanol–water partition coefficient (Wildman–Crippen LogP) is 4.08. The molecule has 1 N–H and O–H groups in total. The second-order valence-electron chi connectivity index (χ2n) is 3.48. The Balaban J connectivity index is 2.68. The van der Waals surface area contributed by atoms with Crippen LogP contribution in [0.3, 0.4) is 0 Å². The molecule has 0 aliphatic carbocycles. The Labute approximate surface area is 106 Å². The number of halogens is 2. The molecule has 15 heavy (non-hydrogen) atoms. The van der Waals surface area contributed by atoms with E-state index < -0.39 is 0 Å². The smallest absolute Gasteiger partial charge is 0.0603 e. The molecule has 1 rings (SSSR count). The van der Waals surface area contributed by atoms with E-state index in [0.717, 1.165) is 4.90 Å². The van der Waals surface area contributed by atoms with Crippen molar-refractivity contribution in [3.63, 3.8) is 0 Å². The summed E-state index contributed by atoms with van der Waals surface area (Å²) in [5.74, 6) is 0. The zero-order chi connectivity index (χ0) is 11.4. The Morgan fingerprint density at radius 3 is 2.40 bits per heavy atom. The van der Waals surface area contributed by atoms with Crippen molar-refractivity contribution in [2.45, 2.75) is 30.0 Å². The number of thioether (sulfide) groups is 1. The van der Waals surface area contributed by atoms with E-state index in [1.807, 2.05) is 25.2 Å². The maximum atomic E-state index is 5.95. The molecule has 0 spiro atoms. The van der Waals surface area contributed by atoms with E-state index in [2.05, 4.69) is 19.2 Å². The summed E-state index contributed by atoms with van der Waals surface area (Å²) in [7, 11) is 1.97. The predicted molar refractivity (Wildman–Crippen MR) is 70.3 cm³/mol. The van der Waals surface area contributed by atoms with Crippen LogP contribution in [0.15, 0.2) is 23.1 Å². The highest BCUT2D eigenvalue weighted by atomic mass is 35.5. The van der Waals surface area contributed by atoms with E-state index in [0.29, 0.717) is 21.3 Å². The number of rotatable bonds is 4. The Morgan fingerprint density at radius 1 is 1.20 bits per heavy atom. The average Bonchev–Trinajstić information content (AvgIpc) is 2.22. The first-order valence-corrected chi connectivity index (χ1v) is 6.47. The highest BCUT2D eigenvalue weighted by Gasteiger charge is 2.11. The second-order valence-corrected chi connectivity index (χ2v) is 5.74. The van der Waals surface area contributed by atoms with Crippen LogP contribution in [0.25, 0.3) is 0 Å². The van der Waals surface area contributed by atoms with Crippen LogP contribution < -0.4 is 5.32 Å². The van der Waals surface area contributed by atoms with Gasteiger partial charge in [0.2, 0.25) is 0 Å². The minimum atomic E-state index is 0.462. The highest BCUT2D eigenvalue weighted by molar-refractivity contribution is 8.00. The standard InChI is InChI=1S/C11H15Cl2NS/c1-7(14-3)8(2)15-9-4-5-10(12)11(13)6-9/h4-8,14H,1-3H3. The summed E-state index contributed by atoms with van der Waals surface area (Å²) in [6.45, 7) is 4.35. The van der Waals surface area contributed by atoms with Gasteiger partial charge in [0.15, 0.2) is 0 Å². The summed E-state index contributed by atoms with van der Waals surface area (Å²) in [5, 5.41) is 4.95. The molecule has 84 valence electrons. The minimum Gasteiger partial charge on any atom is -0.316 e. The molecule has 0 aliphatic heterocycles. The second kappa shape index (κ2) is 6.00. The molecule has 0 saturated heterocycles. The molecule has 4 heteroatoms.